The zero-order valence-corrected chi connectivity index (χ0v) is 24.8. The summed E-state index contributed by atoms with van der Waals surface area (Å²) >= 11 is 0. The van der Waals surface area contributed by atoms with E-state index in [-0.39, 0.29) is 24.1 Å². The van der Waals surface area contributed by atoms with Gasteiger partial charge >= 0.3 is 6.01 Å². The monoisotopic (exact) mass is 554 g/mol. The summed E-state index contributed by atoms with van der Waals surface area (Å²) in [5, 5.41) is 6.64. The Morgan fingerprint density at radius 2 is 1.90 bits per heavy atom. The third kappa shape index (κ3) is 4.62. The molecule has 9 nitrogen and oxygen atoms in total. The highest BCUT2D eigenvalue weighted by Gasteiger charge is 2.34. The highest BCUT2D eigenvalue weighted by molar-refractivity contribution is 6.03. The summed E-state index contributed by atoms with van der Waals surface area (Å²) < 4.78 is 13.8. The first-order chi connectivity index (χ1) is 19.7. The fraction of sp³-hybridized carbons (Fsp3) is 0.438. The zero-order valence-electron chi connectivity index (χ0n) is 24.8. The van der Waals surface area contributed by atoms with E-state index in [0.29, 0.717) is 32.3 Å². The molecule has 2 saturated heterocycles. The van der Waals surface area contributed by atoms with Crippen LogP contribution >= 0.6 is 0 Å². The zero-order chi connectivity index (χ0) is 29.0. The quantitative estimate of drug-likeness (QED) is 0.325. The molecule has 0 N–H and O–H groups in total. The maximum Gasteiger partial charge on any atom is 0.319 e. The Hall–Kier alpha value is -3.98. The van der Waals surface area contributed by atoms with Crippen LogP contribution in [-0.4, -0.2) is 75.0 Å². The number of benzene rings is 2. The van der Waals surface area contributed by atoms with E-state index in [1.807, 2.05) is 22.8 Å². The lowest BCUT2D eigenvalue weighted by atomic mass is 9.89. The molecule has 2 fully saturated rings. The Morgan fingerprint density at radius 1 is 1.10 bits per heavy atom. The van der Waals surface area contributed by atoms with Gasteiger partial charge in [-0.1, -0.05) is 18.7 Å². The predicted molar refractivity (Wildman–Crippen MR) is 161 cm³/mol. The van der Waals surface area contributed by atoms with E-state index in [2.05, 4.69) is 69.4 Å². The van der Waals surface area contributed by atoms with Crippen LogP contribution in [0.5, 0.6) is 6.01 Å². The molecule has 2 aliphatic heterocycles. The summed E-state index contributed by atoms with van der Waals surface area (Å²) in [7, 11) is 1.99. The van der Waals surface area contributed by atoms with Crippen molar-refractivity contribution >= 4 is 33.5 Å². The fourth-order valence-corrected chi connectivity index (χ4v) is 6.50. The summed E-state index contributed by atoms with van der Waals surface area (Å²) in [6.07, 6.45) is 4.05. The standard InChI is InChI=1S/C32H38N6O3/c1-8-26(39)37-15-21(5)38(16-20(37)4)31-25-13-19(3)27(28-18(2)9-10-23-14-33-36(7)30(23)28)22(6)29(25)34-32(35-31)41-24-11-12-40-17-24/h8-10,13-14,20-21,24H,1,11-12,15-17H2,2-7H3/t20-,21+,24?/m1/s1. The van der Waals surface area contributed by atoms with Crippen LogP contribution in [0.1, 0.15) is 37.0 Å². The Bertz CT molecular complexity index is 1670. The first kappa shape index (κ1) is 27.2. The maximum absolute atomic E-state index is 12.5. The van der Waals surface area contributed by atoms with Crippen LogP contribution in [0.4, 0.5) is 5.82 Å². The largest absolute Gasteiger partial charge is 0.458 e. The van der Waals surface area contributed by atoms with Crippen molar-refractivity contribution in [3.63, 3.8) is 0 Å². The van der Waals surface area contributed by atoms with E-state index in [0.717, 1.165) is 50.7 Å². The maximum atomic E-state index is 12.5. The minimum atomic E-state index is -0.0747. The lowest BCUT2D eigenvalue weighted by Crippen LogP contribution is -2.58. The smallest absolute Gasteiger partial charge is 0.319 e. The van der Waals surface area contributed by atoms with E-state index in [4.69, 9.17) is 19.4 Å². The molecule has 3 atom stereocenters. The minimum Gasteiger partial charge on any atom is -0.458 e. The number of anilines is 1. The molecule has 6 rings (SSSR count). The molecule has 0 saturated carbocycles. The lowest BCUT2D eigenvalue weighted by molar-refractivity contribution is -0.128. The van der Waals surface area contributed by atoms with Crippen molar-refractivity contribution in [3.05, 3.63) is 53.7 Å². The van der Waals surface area contributed by atoms with Crippen LogP contribution in [-0.2, 0) is 16.6 Å². The van der Waals surface area contributed by atoms with E-state index in [9.17, 15) is 4.79 Å². The van der Waals surface area contributed by atoms with Gasteiger partial charge in [0.15, 0.2) is 0 Å². The van der Waals surface area contributed by atoms with Crippen LogP contribution in [0.15, 0.2) is 37.1 Å². The molecule has 1 unspecified atom stereocenters. The Kier molecular flexibility index (Phi) is 6.93. The van der Waals surface area contributed by atoms with Gasteiger partial charge in [-0.2, -0.15) is 15.1 Å². The molecule has 0 bridgehead atoms. The van der Waals surface area contributed by atoms with Crippen LogP contribution in [0.3, 0.4) is 0 Å². The predicted octanol–water partition coefficient (Wildman–Crippen LogP) is 4.89. The van der Waals surface area contributed by atoms with Crippen LogP contribution in [0.25, 0.3) is 32.9 Å². The third-order valence-corrected chi connectivity index (χ3v) is 8.63. The van der Waals surface area contributed by atoms with E-state index in [1.165, 1.54) is 17.2 Å². The molecule has 2 aliphatic rings. The lowest BCUT2D eigenvalue weighted by Gasteiger charge is -2.44. The van der Waals surface area contributed by atoms with E-state index in [1.54, 1.807) is 0 Å². The second-order valence-corrected chi connectivity index (χ2v) is 11.5. The number of aromatic nitrogens is 4. The molecule has 2 aromatic carbocycles. The average Bonchev–Trinajstić information content (AvgIpc) is 3.60. The summed E-state index contributed by atoms with van der Waals surface area (Å²) in [5.41, 5.74) is 7.72. The van der Waals surface area contributed by atoms with Crippen molar-refractivity contribution < 1.29 is 14.3 Å². The van der Waals surface area contributed by atoms with Gasteiger partial charge in [0.2, 0.25) is 5.91 Å². The van der Waals surface area contributed by atoms with Gasteiger partial charge < -0.3 is 19.3 Å². The molecule has 0 radical (unpaired) electrons. The number of carbonyl (C=O) groups excluding carboxylic acids is 1. The highest BCUT2D eigenvalue weighted by Crippen LogP contribution is 2.41. The number of nitrogens with zero attached hydrogens (tertiary/aromatic N) is 6. The molecular weight excluding hydrogens is 516 g/mol. The van der Waals surface area contributed by atoms with Crippen molar-refractivity contribution in [2.45, 2.75) is 59.2 Å². The number of piperazine rings is 1. The molecule has 4 aromatic rings. The number of fused-ring (bicyclic) bond motifs is 2. The number of carbonyl (C=O) groups is 1. The Morgan fingerprint density at radius 3 is 2.63 bits per heavy atom. The van der Waals surface area contributed by atoms with Gasteiger partial charge in [0, 0.05) is 55.0 Å². The van der Waals surface area contributed by atoms with Gasteiger partial charge in [-0.05, 0) is 69.0 Å². The molecule has 0 aliphatic carbocycles. The van der Waals surface area contributed by atoms with Crippen LogP contribution in [0.2, 0.25) is 0 Å². The van der Waals surface area contributed by atoms with Gasteiger partial charge in [0.05, 0.1) is 30.4 Å². The van der Waals surface area contributed by atoms with Crippen molar-refractivity contribution in [1.29, 1.82) is 0 Å². The summed E-state index contributed by atoms with van der Waals surface area (Å²) in [5.74, 6) is 0.792. The third-order valence-electron chi connectivity index (χ3n) is 8.63. The Labute approximate surface area is 240 Å². The number of rotatable bonds is 5. The summed E-state index contributed by atoms with van der Waals surface area (Å²) in [6, 6.07) is 6.91. The fourth-order valence-electron chi connectivity index (χ4n) is 6.50. The van der Waals surface area contributed by atoms with Crippen LogP contribution in [0, 0.1) is 20.8 Å². The van der Waals surface area contributed by atoms with E-state index >= 15 is 0 Å². The molecule has 214 valence electrons. The topological polar surface area (TPSA) is 85.6 Å². The number of ether oxygens (including phenoxy) is 2. The van der Waals surface area contributed by atoms with E-state index < -0.39 is 0 Å². The van der Waals surface area contributed by atoms with Crippen molar-refractivity contribution in [2.24, 2.45) is 7.05 Å². The van der Waals surface area contributed by atoms with Crippen molar-refractivity contribution in [2.75, 3.05) is 31.2 Å². The minimum absolute atomic E-state index is 0.000811. The second kappa shape index (κ2) is 10.4. The summed E-state index contributed by atoms with van der Waals surface area (Å²) in [4.78, 5) is 26.8. The van der Waals surface area contributed by atoms with Crippen molar-refractivity contribution in [1.82, 2.24) is 24.6 Å². The normalized spacial score (nSPS) is 21.2. The van der Waals surface area contributed by atoms with Gasteiger partial charge in [-0.15, -0.1) is 0 Å². The van der Waals surface area contributed by atoms with Gasteiger partial charge in [-0.25, -0.2) is 0 Å². The number of hydrogen-bond donors (Lipinski definition) is 0. The average molecular weight is 555 g/mol. The molecule has 41 heavy (non-hydrogen) atoms. The first-order valence-corrected chi connectivity index (χ1v) is 14.4. The van der Waals surface area contributed by atoms with Gasteiger partial charge in [-0.3, -0.25) is 9.48 Å². The van der Waals surface area contributed by atoms with Crippen LogP contribution < -0.4 is 9.64 Å². The molecule has 4 heterocycles. The highest BCUT2D eigenvalue weighted by atomic mass is 16.6. The SMILES string of the molecule is C=CC(=O)N1C[C@H](C)N(c2nc(OC3CCOC3)nc3c(C)c(-c4c(C)ccc5cnn(C)c45)c(C)cc23)C[C@H]1C. The molecule has 9 heteroatoms. The number of amides is 1. The molecular formula is C32H38N6O3. The molecule has 2 aromatic heterocycles. The van der Waals surface area contributed by atoms with Gasteiger partial charge in [0.1, 0.15) is 11.9 Å². The second-order valence-electron chi connectivity index (χ2n) is 11.5. The number of hydrogen-bond acceptors (Lipinski definition) is 7. The van der Waals surface area contributed by atoms with Crippen molar-refractivity contribution in [3.8, 4) is 17.1 Å². The summed E-state index contributed by atoms with van der Waals surface area (Å²) in [6.45, 7) is 16.8. The molecule has 1 amide bonds. The molecule has 0 spiro atoms. The first-order valence-electron chi connectivity index (χ1n) is 14.4. The Balaban J connectivity index is 1.55. The van der Waals surface area contributed by atoms with Gasteiger partial charge in [0.25, 0.3) is 0 Å². The number of aryl methyl sites for hydroxylation is 4.